The van der Waals surface area contributed by atoms with Crippen LogP contribution in [-0.4, -0.2) is 9.97 Å². The van der Waals surface area contributed by atoms with Crippen LogP contribution in [0.4, 0.5) is 0 Å². The maximum atomic E-state index is 6.28. The van der Waals surface area contributed by atoms with Crippen molar-refractivity contribution in [2.24, 2.45) is 0 Å². The third kappa shape index (κ3) is 3.02. The number of hydrogen-bond acceptors (Lipinski definition) is 4. The molecule has 0 unspecified atom stereocenters. The highest BCUT2D eigenvalue weighted by Gasteiger charge is 2.20. The average Bonchev–Trinajstić information content (AvgIpc) is 3.44. The van der Waals surface area contributed by atoms with Gasteiger partial charge in [0.15, 0.2) is 5.76 Å². The molecule has 4 heteroatoms. The molecule has 6 aromatic rings. The molecule has 0 amide bonds. The lowest BCUT2D eigenvalue weighted by atomic mass is 9.82. The van der Waals surface area contributed by atoms with Crippen LogP contribution < -0.4 is 0 Å². The van der Waals surface area contributed by atoms with Gasteiger partial charge in [-0.3, -0.25) is 9.97 Å². The van der Waals surface area contributed by atoms with Gasteiger partial charge >= 0.3 is 0 Å². The van der Waals surface area contributed by atoms with Crippen LogP contribution in [0.3, 0.4) is 0 Å². The Bertz CT molecular complexity index is 1620. The largest absolute Gasteiger partial charge is 0.454 e. The Kier molecular flexibility index (Phi) is 4.21. The Balaban J connectivity index is 1.60. The molecular weight excluding hydrogens is 412 g/mol. The molecule has 0 aliphatic carbocycles. The van der Waals surface area contributed by atoms with E-state index in [2.05, 4.69) is 79.7 Å². The SMILES string of the molecule is CC(C)(C)c1cc(-c2nccc3oc(-c4nccc5ccsc45)cc23)cc2ccccc12. The number of nitrogens with zero attached hydrogens (tertiary/aromatic N) is 2. The highest BCUT2D eigenvalue weighted by atomic mass is 32.1. The lowest BCUT2D eigenvalue weighted by molar-refractivity contribution is 0.596. The Morgan fingerprint density at radius 2 is 1.59 bits per heavy atom. The fourth-order valence-electron chi connectivity index (χ4n) is 4.45. The summed E-state index contributed by atoms with van der Waals surface area (Å²) in [5.74, 6) is 0.777. The van der Waals surface area contributed by atoms with E-state index >= 15 is 0 Å². The van der Waals surface area contributed by atoms with Crippen LogP contribution in [0.15, 0.2) is 82.9 Å². The molecule has 4 aromatic heterocycles. The maximum absolute atomic E-state index is 6.28. The van der Waals surface area contributed by atoms with Gasteiger partial charge in [-0.05, 0) is 68.9 Å². The predicted molar refractivity (Wildman–Crippen MR) is 134 cm³/mol. The second-order valence-corrected chi connectivity index (χ2v) is 10.1. The molecule has 0 aliphatic rings. The summed E-state index contributed by atoms with van der Waals surface area (Å²) in [5.41, 5.74) is 5.09. The summed E-state index contributed by atoms with van der Waals surface area (Å²) >= 11 is 1.69. The van der Waals surface area contributed by atoms with Gasteiger partial charge in [0.05, 0.1) is 10.4 Å². The molecule has 6 rings (SSSR count). The van der Waals surface area contributed by atoms with Gasteiger partial charge < -0.3 is 4.42 Å². The number of hydrogen-bond donors (Lipinski definition) is 0. The van der Waals surface area contributed by atoms with E-state index in [0.29, 0.717) is 0 Å². The lowest BCUT2D eigenvalue weighted by Gasteiger charge is -2.22. The first-order valence-electron chi connectivity index (χ1n) is 10.7. The average molecular weight is 435 g/mol. The molecule has 0 atom stereocenters. The molecule has 0 saturated carbocycles. The third-order valence-electron chi connectivity index (χ3n) is 5.99. The molecule has 0 bridgehead atoms. The molecule has 0 aliphatic heterocycles. The van der Waals surface area contributed by atoms with Crippen molar-refractivity contribution in [1.82, 2.24) is 9.97 Å². The summed E-state index contributed by atoms with van der Waals surface area (Å²) in [6, 6.07) is 21.3. The summed E-state index contributed by atoms with van der Waals surface area (Å²) in [6.07, 6.45) is 3.67. The van der Waals surface area contributed by atoms with Crippen LogP contribution >= 0.6 is 11.3 Å². The second-order valence-electron chi connectivity index (χ2n) is 9.18. The van der Waals surface area contributed by atoms with Gasteiger partial charge in [-0.2, -0.15) is 0 Å². The maximum Gasteiger partial charge on any atom is 0.155 e. The monoisotopic (exact) mass is 434 g/mol. The zero-order valence-corrected chi connectivity index (χ0v) is 19.0. The number of pyridine rings is 2. The van der Waals surface area contributed by atoms with Gasteiger partial charge in [0.25, 0.3) is 0 Å². The van der Waals surface area contributed by atoms with Gasteiger partial charge in [0.1, 0.15) is 11.3 Å². The molecule has 0 fully saturated rings. The van der Waals surface area contributed by atoms with Crippen molar-refractivity contribution >= 4 is 43.2 Å². The zero-order valence-electron chi connectivity index (χ0n) is 18.2. The fraction of sp³-hybridized carbons (Fsp3) is 0.143. The van der Waals surface area contributed by atoms with Crippen LogP contribution in [0.2, 0.25) is 0 Å². The Morgan fingerprint density at radius 1 is 0.781 bits per heavy atom. The summed E-state index contributed by atoms with van der Waals surface area (Å²) in [4.78, 5) is 9.42. The van der Waals surface area contributed by atoms with Gasteiger partial charge in [-0.1, -0.05) is 45.0 Å². The lowest BCUT2D eigenvalue weighted by Crippen LogP contribution is -2.12. The molecule has 2 aromatic carbocycles. The minimum absolute atomic E-state index is 0.0177. The van der Waals surface area contributed by atoms with E-state index < -0.39 is 0 Å². The summed E-state index contributed by atoms with van der Waals surface area (Å²) in [6.45, 7) is 6.78. The van der Waals surface area contributed by atoms with Crippen molar-refractivity contribution in [3.63, 3.8) is 0 Å². The zero-order chi connectivity index (χ0) is 21.9. The van der Waals surface area contributed by atoms with Crippen molar-refractivity contribution in [3.8, 4) is 22.7 Å². The van der Waals surface area contributed by atoms with E-state index in [4.69, 9.17) is 9.40 Å². The van der Waals surface area contributed by atoms with Gasteiger partial charge in [-0.15, -0.1) is 11.3 Å². The number of thiophene rings is 1. The second kappa shape index (κ2) is 7.01. The highest BCUT2D eigenvalue weighted by molar-refractivity contribution is 7.17. The first-order chi connectivity index (χ1) is 15.5. The molecular formula is C28H22N2OS. The van der Waals surface area contributed by atoms with E-state index in [-0.39, 0.29) is 5.41 Å². The first kappa shape index (κ1) is 19.2. The molecule has 0 N–H and O–H groups in total. The van der Waals surface area contributed by atoms with Crippen LogP contribution in [-0.2, 0) is 5.41 Å². The molecule has 156 valence electrons. The number of rotatable bonds is 2. The molecule has 0 saturated heterocycles. The summed E-state index contributed by atoms with van der Waals surface area (Å²) < 4.78 is 7.42. The standard InChI is InChI=1S/C28H22N2OS/c1-28(2,3)22-15-19(14-18-6-4-5-7-20(18)22)25-21-16-24(31-23(21)9-12-29-25)26-27-17(8-11-30-26)10-13-32-27/h4-16H,1-3H3. The highest BCUT2D eigenvalue weighted by Crippen LogP contribution is 2.39. The molecule has 0 radical (unpaired) electrons. The smallest absolute Gasteiger partial charge is 0.155 e. The number of benzene rings is 2. The quantitative estimate of drug-likeness (QED) is 0.275. The fourth-order valence-corrected chi connectivity index (χ4v) is 5.33. The number of furan rings is 1. The molecule has 4 heterocycles. The normalized spacial score (nSPS) is 12.2. The van der Waals surface area contributed by atoms with Crippen LogP contribution in [0, 0.1) is 0 Å². The Hall–Kier alpha value is -3.50. The van der Waals surface area contributed by atoms with Crippen LogP contribution in [0.1, 0.15) is 26.3 Å². The number of fused-ring (bicyclic) bond motifs is 3. The molecule has 0 spiro atoms. The Morgan fingerprint density at radius 3 is 2.47 bits per heavy atom. The van der Waals surface area contributed by atoms with Crippen molar-refractivity contribution < 1.29 is 4.42 Å². The van der Waals surface area contributed by atoms with Crippen LogP contribution in [0.25, 0.3) is 54.5 Å². The minimum Gasteiger partial charge on any atom is -0.454 e. The van der Waals surface area contributed by atoms with Crippen molar-refractivity contribution in [3.05, 3.63) is 84.0 Å². The van der Waals surface area contributed by atoms with Crippen LogP contribution in [0.5, 0.6) is 0 Å². The minimum atomic E-state index is 0.0177. The van der Waals surface area contributed by atoms with E-state index in [1.165, 1.54) is 21.7 Å². The summed E-state index contributed by atoms with van der Waals surface area (Å²) in [7, 11) is 0. The molecule has 3 nitrogen and oxygen atoms in total. The van der Waals surface area contributed by atoms with Gasteiger partial charge in [0.2, 0.25) is 0 Å². The van der Waals surface area contributed by atoms with E-state index in [9.17, 15) is 0 Å². The first-order valence-corrected chi connectivity index (χ1v) is 11.6. The Labute approximate surface area is 190 Å². The van der Waals surface area contributed by atoms with E-state index in [1.807, 2.05) is 24.5 Å². The summed E-state index contributed by atoms with van der Waals surface area (Å²) in [5, 5.41) is 6.80. The van der Waals surface area contributed by atoms with Crippen molar-refractivity contribution in [1.29, 1.82) is 0 Å². The van der Waals surface area contributed by atoms with E-state index in [0.717, 1.165) is 38.4 Å². The topological polar surface area (TPSA) is 38.9 Å². The van der Waals surface area contributed by atoms with Crippen molar-refractivity contribution in [2.45, 2.75) is 26.2 Å². The van der Waals surface area contributed by atoms with E-state index in [1.54, 1.807) is 11.3 Å². The van der Waals surface area contributed by atoms with Gasteiger partial charge in [-0.25, -0.2) is 0 Å². The van der Waals surface area contributed by atoms with Crippen molar-refractivity contribution in [2.75, 3.05) is 0 Å². The number of aromatic nitrogens is 2. The predicted octanol–water partition coefficient (Wildman–Crippen LogP) is 8.22. The van der Waals surface area contributed by atoms with Gasteiger partial charge in [0, 0.05) is 23.3 Å². The molecule has 32 heavy (non-hydrogen) atoms. The third-order valence-corrected chi connectivity index (χ3v) is 6.93.